The first-order chi connectivity index (χ1) is 19.0. The molecule has 3 aromatic heterocycles. The van der Waals surface area contributed by atoms with Crippen molar-refractivity contribution < 1.29 is 23.5 Å². The Morgan fingerprint density at radius 3 is 2.38 bits per heavy atom. The first-order valence-corrected chi connectivity index (χ1v) is 12.0. The molecule has 5 heterocycles. The molecule has 4 aromatic rings. The number of imide groups is 2. The lowest BCUT2D eigenvalue weighted by Crippen LogP contribution is -2.71. The predicted octanol–water partition coefficient (Wildman–Crippen LogP) is 3.17. The summed E-state index contributed by atoms with van der Waals surface area (Å²) in [5, 5.41) is 13.3. The number of nitrogens with one attached hydrogen (secondary N) is 2. The summed E-state index contributed by atoms with van der Waals surface area (Å²) in [6.07, 6.45) is 5.47. The molecule has 2 aliphatic heterocycles. The molecular formula is C27H19N7O5. The summed E-state index contributed by atoms with van der Waals surface area (Å²) in [6, 6.07) is 15.0. The van der Waals surface area contributed by atoms with Gasteiger partial charge in [0.25, 0.3) is 11.8 Å². The van der Waals surface area contributed by atoms with Crippen LogP contribution in [-0.4, -0.2) is 44.9 Å². The lowest BCUT2D eigenvalue weighted by Gasteiger charge is -2.38. The number of benzene rings is 1. The Balaban J connectivity index is 1.14. The normalized spacial score (nSPS) is 16.1. The SMILES string of the molecule is N#Cc1ccc(-c2cnc(-c3ccc(Oc4ccc(N5CCCC56C(=O)NC(=O)NC6=O)cn4)cc3)o2)nc1. The maximum Gasteiger partial charge on any atom is 0.328 e. The van der Waals surface area contributed by atoms with Gasteiger partial charge >= 0.3 is 6.03 Å². The van der Waals surface area contributed by atoms with Crippen molar-refractivity contribution in [1.29, 1.82) is 5.26 Å². The van der Waals surface area contributed by atoms with Crippen molar-refractivity contribution in [2.24, 2.45) is 0 Å². The second kappa shape index (κ2) is 9.38. The highest BCUT2D eigenvalue weighted by atomic mass is 16.5. The maximum atomic E-state index is 12.7. The number of hydrogen-bond donors (Lipinski definition) is 2. The molecule has 0 atom stereocenters. The van der Waals surface area contributed by atoms with Gasteiger partial charge < -0.3 is 14.1 Å². The number of urea groups is 1. The number of carbonyl (C=O) groups is 3. The Hall–Kier alpha value is -5.57. The number of nitriles is 1. The molecule has 0 bridgehead atoms. The second-order valence-corrected chi connectivity index (χ2v) is 8.91. The van der Waals surface area contributed by atoms with Gasteiger partial charge in [-0.2, -0.15) is 5.26 Å². The van der Waals surface area contributed by atoms with Crippen molar-refractivity contribution in [3.05, 3.63) is 72.7 Å². The number of anilines is 1. The van der Waals surface area contributed by atoms with Gasteiger partial charge in [-0.15, -0.1) is 0 Å². The Bertz CT molecular complexity index is 1600. The van der Waals surface area contributed by atoms with Crippen molar-refractivity contribution in [3.63, 3.8) is 0 Å². The van der Waals surface area contributed by atoms with Crippen molar-refractivity contribution in [1.82, 2.24) is 25.6 Å². The zero-order valence-corrected chi connectivity index (χ0v) is 20.2. The van der Waals surface area contributed by atoms with Crippen LogP contribution in [0.3, 0.4) is 0 Å². The van der Waals surface area contributed by atoms with Crippen LogP contribution >= 0.6 is 0 Å². The molecule has 0 aliphatic carbocycles. The molecule has 6 rings (SSSR count). The van der Waals surface area contributed by atoms with E-state index in [2.05, 4.69) is 25.6 Å². The van der Waals surface area contributed by atoms with E-state index in [1.54, 1.807) is 59.6 Å². The average Bonchev–Trinajstić information content (AvgIpc) is 3.62. The lowest BCUT2D eigenvalue weighted by atomic mass is 9.92. The molecule has 0 unspecified atom stereocenters. The number of oxazole rings is 1. The highest BCUT2D eigenvalue weighted by molar-refractivity contribution is 6.24. The third kappa shape index (κ3) is 4.21. The van der Waals surface area contributed by atoms with Crippen molar-refractivity contribution in [3.8, 4) is 40.6 Å². The first kappa shape index (κ1) is 23.8. The second-order valence-electron chi connectivity index (χ2n) is 8.91. The van der Waals surface area contributed by atoms with Crippen LogP contribution < -0.4 is 20.3 Å². The molecule has 0 saturated carbocycles. The standard InChI is InChI=1S/C27H19N7O5/c28-12-16-2-8-20(29-13-16)21-15-31-23(39-21)17-3-6-19(7-4-17)38-22-9-5-18(14-30-22)34-11-1-10-27(34)24(35)32-26(37)33-25(27)36/h2-9,13-15H,1,10-11H2,(H2,32,33,35,36,37). The molecule has 12 heteroatoms. The van der Waals surface area contributed by atoms with E-state index in [4.69, 9.17) is 14.4 Å². The number of pyridine rings is 2. The van der Waals surface area contributed by atoms with E-state index in [-0.39, 0.29) is 0 Å². The predicted molar refractivity (Wildman–Crippen MR) is 135 cm³/mol. The van der Waals surface area contributed by atoms with Gasteiger partial charge in [-0.25, -0.2) is 14.8 Å². The summed E-state index contributed by atoms with van der Waals surface area (Å²) in [4.78, 5) is 51.4. The van der Waals surface area contributed by atoms with Crippen LogP contribution in [0, 0.1) is 11.3 Å². The highest BCUT2D eigenvalue weighted by Gasteiger charge is 2.57. The molecule has 12 nitrogen and oxygen atoms in total. The molecule has 0 radical (unpaired) electrons. The monoisotopic (exact) mass is 521 g/mol. The van der Waals surface area contributed by atoms with Crippen molar-refractivity contribution in [2.45, 2.75) is 18.4 Å². The van der Waals surface area contributed by atoms with Crippen LogP contribution in [0.4, 0.5) is 10.5 Å². The van der Waals surface area contributed by atoms with Crippen LogP contribution in [0.2, 0.25) is 0 Å². The Kier molecular flexibility index (Phi) is 5.73. The third-order valence-corrected chi connectivity index (χ3v) is 6.59. The molecule has 2 fully saturated rings. The minimum Gasteiger partial charge on any atom is -0.439 e. The first-order valence-electron chi connectivity index (χ1n) is 12.0. The number of aromatic nitrogens is 3. The van der Waals surface area contributed by atoms with E-state index < -0.39 is 23.4 Å². The molecule has 2 aliphatic rings. The summed E-state index contributed by atoms with van der Waals surface area (Å²) in [7, 11) is 0. The number of amides is 4. The van der Waals surface area contributed by atoms with Crippen LogP contribution in [0.25, 0.3) is 22.9 Å². The van der Waals surface area contributed by atoms with Gasteiger partial charge in [0.15, 0.2) is 11.3 Å². The van der Waals surface area contributed by atoms with E-state index in [0.717, 1.165) is 5.56 Å². The van der Waals surface area contributed by atoms with E-state index >= 15 is 0 Å². The molecule has 1 aromatic carbocycles. The summed E-state index contributed by atoms with van der Waals surface area (Å²) >= 11 is 0. The van der Waals surface area contributed by atoms with Gasteiger partial charge in [0.2, 0.25) is 11.8 Å². The highest BCUT2D eigenvalue weighted by Crippen LogP contribution is 2.36. The smallest absolute Gasteiger partial charge is 0.328 e. The number of rotatable bonds is 5. The summed E-state index contributed by atoms with van der Waals surface area (Å²) in [5.74, 6) is 0.455. The molecule has 2 N–H and O–H groups in total. The van der Waals surface area contributed by atoms with Gasteiger partial charge in [0, 0.05) is 24.4 Å². The topological polar surface area (TPSA) is 163 Å². The Labute approximate surface area is 221 Å². The summed E-state index contributed by atoms with van der Waals surface area (Å²) in [5.41, 5.74) is 0.836. The summed E-state index contributed by atoms with van der Waals surface area (Å²) < 4.78 is 11.7. The zero-order valence-electron chi connectivity index (χ0n) is 20.2. The fourth-order valence-electron chi connectivity index (χ4n) is 4.70. The average molecular weight is 521 g/mol. The Morgan fingerprint density at radius 2 is 1.72 bits per heavy atom. The minimum atomic E-state index is -1.48. The fraction of sp³-hybridized carbons (Fsp3) is 0.148. The zero-order chi connectivity index (χ0) is 27.0. The van der Waals surface area contributed by atoms with Crippen molar-refractivity contribution in [2.75, 3.05) is 11.4 Å². The van der Waals surface area contributed by atoms with Crippen LogP contribution in [0.1, 0.15) is 18.4 Å². The molecular weight excluding hydrogens is 502 g/mol. The van der Waals surface area contributed by atoms with Crippen LogP contribution in [0.5, 0.6) is 11.6 Å². The third-order valence-electron chi connectivity index (χ3n) is 6.59. The van der Waals surface area contributed by atoms with Crippen molar-refractivity contribution >= 4 is 23.5 Å². The number of nitrogens with zero attached hydrogens (tertiary/aromatic N) is 5. The van der Waals surface area contributed by atoms with Gasteiger partial charge in [-0.05, 0) is 55.3 Å². The number of carbonyl (C=O) groups excluding carboxylic acids is 3. The van der Waals surface area contributed by atoms with Gasteiger partial charge in [-0.1, -0.05) is 0 Å². The molecule has 192 valence electrons. The molecule has 2 saturated heterocycles. The van der Waals surface area contributed by atoms with Gasteiger partial charge in [0.05, 0.1) is 23.6 Å². The van der Waals surface area contributed by atoms with E-state index in [1.165, 1.54) is 12.4 Å². The van der Waals surface area contributed by atoms with E-state index in [1.807, 2.05) is 6.07 Å². The molecule has 1 spiro atoms. The molecule has 39 heavy (non-hydrogen) atoms. The van der Waals surface area contributed by atoms with E-state index in [0.29, 0.717) is 59.6 Å². The quantitative estimate of drug-likeness (QED) is 0.373. The Morgan fingerprint density at radius 1 is 0.923 bits per heavy atom. The fourth-order valence-corrected chi connectivity index (χ4v) is 4.70. The minimum absolute atomic E-state index is 0.290. The number of hydrogen-bond acceptors (Lipinski definition) is 10. The van der Waals surface area contributed by atoms with Crippen LogP contribution in [-0.2, 0) is 9.59 Å². The number of ether oxygens (including phenoxy) is 1. The number of barbiturate groups is 1. The van der Waals surface area contributed by atoms with E-state index in [9.17, 15) is 14.4 Å². The largest absolute Gasteiger partial charge is 0.439 e. The van der Waals surface area contributed by atoms with Gasteiger partial charge in [-0.3, -0.25) is 25.2 Å². The molecule has 4 amide bonds. The summed E-state index contributed by atoms with van der Waals surface area (Å²) in [6.45, 7) is 0.460. The van der Waals surface area contributed by atoms with Gasteiger partial charge in [0.1, 0.15) is 17.5 Å². The van der Waals surface area contributed by atoms with Crippen LogP contribution in [0.15, 0.2) is 71.5 Å². The maximum absolute atomic E-state index is 12.7. The lowest BCUT2D eigenvalue weighted by molar-refractivity contribution is -0.137.